The van der Waals surface area contributed by atoms with E-state index in [0.29, 0.717) is 6.42 Å². The molecule has 2 unspecified atom stereocenters. The van der Waals surface area contributed by atoms with Gasteiger partial charge in [-0.05, 0) is 20.3 Å². The van der Waals surface area contributed by atoms with Crippen molar-refractivity contribution in [1.82, 2.24) is 10.6 Å². The van der Waals surface area contributed by atoms with Crippen LogP contribution in [-0.4, -0.2) is 29.3 Å². The Morgan fingerprint density at radius 1 is 1.50 bits per heavy atom. The number of urea groups is 1. The van der Waals surface area contributed by atoms with E-state index in [0.717, 1.165) is 0 Å². The molecular formula is C10H20N2O2. The number of carbonyl (C=O) groups excluding carboxylic acids is 1. The van der Waals surface area contributed by atoms with E-state index in [1.165, 1.54) is 0 Å². The molecule has 4 nitrogen and oxygen atoms in total. The van der Waals surface area contributed by atoms with E-state index in [1.54, 1.807) is 0 Å². The molecule has 0 saturated heterocycles. The molecule has 0 aromatic rings. The molecular weight excluding hydrogens is 180 g/mol. The van der Waals surface area contributed by atoms with Crippen molar-refractivity contribution in [3.8, 4) is 0 Å². The van der Waals surface area contributed by atoms with Gasteiger partial charge in [0.15, 0.2) is 0 Å². The first-order chi connectivity index (χ1) is 6.34. The van der Waals surface area contributed by atoms with E-state index < -0.39 is 0 Å². The summed E-state index contributed by atoms with van der Waals surface area (Å²) in [5.74, 6) is 0. The Bertz CT molecular complexity index is 226. The van der Waals surface area contributed by atoms with E-state index >= 15 is 0 Å². The van der Waals surface area contributed by atoms with Gasteiger partial charge in [-0.25, -0.2) is 4.79 Å². The molecule has 4 heteroatoms. The van der Waals surface area contributed by atoms with Gasteiger partial charge in [-0.3, -0.25) is 0 Å². The maximum Gasteiger partial charge on any atom is 0.315 e. The fraction of sp³-hybridized carbons (Fsp3) is 0.900. The number of aliphatic hydroxyl groups is 1. The van der Waals surface area contributed by atoms with Gasteiger partial charge in [0.05, 0.1) is 6.10 Å². The Morgan fingerprint density at radius 2 is 2.07 bits per heavy atom. The third kappa shape index (κ3) is 2.18. The highest BCUT2D eigenvalue weighted by Gasteiger charge is 2.47. The lowest BCUT2D eigenvalue weighted by molar-refractivity contribution is -0.0678. The second-order valence-electron chi connectivity index (χ2n) is 4.90. The van der Waals surface area contributed by atoms with Gasteiger partial charge in [0.2, 0.25) is 0 Å². The number of hydrogen-bond donors (Lipinski definition) is 3. The average Bonchev–Trinajstić information content (AvgIpc) is 2.02. The largest absolute Gasteiger partial charge is 0.392 e. The minimum atomic E-state index is -0.299. The zero-order valence-electron chi connectivity index (χ0n) is 9.29. The molecule has 0 radical (unpaired) electrons. The zero-order chi connectivity index (χ0) is 10.9. The number of nitrogens with one attached hydrogen (secondary N) is 2. The molecule has 1 rings (SSSR count). The molecule has 1 fully saturated rings. The molecule has 0 aromatic carbocycles. The van der Waals surface area contributed by atoms with E-state index in [-0.39, 0.29) is 29.6 Å². The van der Waals surface area contributed by atoms with Crippen molar-refractivity contribution in [3.05, 3.63) is 0 Å². The van der Waals surface area contributed by atoms with Crippen molar-refractivity contribution in [2.24, 2.45) is 5.41 Å². The molecule has 1 aliphatic carbocycles. The average molecular weight is 200 g/mol. The molecule has 0 heterocycles. The second-order valence-corrected chi connectivity index (χ2v) is 4.90. The van der Waals surface area contributed by atoms with E-state index in [9.17, 15) is 9.90 Å². The molecule has 0 spiro atoms. The van der Waals surface area contributed by atoms with Gasteiger partial charge in [0.25, 0.3) is 0 Å². The van der Waals surface area contributed by atoms with Gasteiger partial charge >= 0.3 is 6.03 Å². The molecule has 14 heavy (non-hydrogen) atoms. The van der Waals surface area contributed by atoms with Crippen LogP contribution in [0.3, 0.4) is 0 Å². The SMILES string of the molecule is CC(C)NC(=O)NC1CC(O)C1(C)C. The summed E-state index contributed by atoms with van der Waals surface area (Å²) in [6.07, 6.45) is 0.352. The van der Waals surface area contributed by atoms with Crippen molar-refractivity contribution in [2.45, 2.75) is 52.3 Å². The molecule has 2 amide bonds. The maximum absolute atomic E-state index is 11.3. The van der Waals surface area contributed by atoms with Crippen LogP contribution in [0.4, 0.5) is 4.79 Å². The van der Waals surface area contributed by atoms with Gasteiger partial charge in [-0.15, -0.1) is 0 Å². The smallest absolute Gasteiger partial charge is 0.315 e. The summed E-state index contributed by atoms with van der Waals surface area (Å²) >= 11 is 0. The van der Waals surface area contributed by atoms with Crippen molar-refractivity contribution in [3.63, 3.8) is 0 Å². The predicted molar refractivity (Wildman–Crippen MR) is 55.0 cm³/mol. The second kappa shape index (κ2) is 3.77. The third-order valence-electron chi connectivity index (χ3n) is 2.94. The van der Waals surface area contributed by atoms with Crippen LogP contribution in [0.2, 0.25) is 0 Å². The highest BCUT2D eigenvalue weighted by atomic mass is 16.3. The molecule has 82 valence electrons. The highest BCUT2D eigenvalue weighted by molar-refractivity contribution is 5.74. The molecule has 2 atom stereocenters. The summed E-state index contributed by atoms with van der Waals surface area (Å²) in [6.45, 7) is 7.75. The minimum absolute atomic E-state index is 0.0799. The summed E-state index contributed by atoms with van der Waals surface area (Å²) in [4.78, 5) is 11.3. The normalized spacial score (nSPS) is 29.6. The molecule has 1 saturated carbocycles. The van der Waals surface area contributed by atoms with E-state index in [1.807, 2.05) is 27.7 Å². The Kier molecular flexibility index (Phi) is 3.04. The van der Waals surface area contributed by atoms with Crippen molar-refractivity contribution >= 4 is 6.03 Å². The molecule has 0 aromatic heterocycles. The Hall–Kier alpha value is -0.770. The Balaban J connectivity index is 2.36. The Labute approximate surface area is 85.1 Å². The summed E-state index contributed by atoms with van der Waals surface area (Å²) in [7, 11) is 0. The van der Waals surface area contributed by atoms with Crippen LogP contribution in [-0.2, 0) is 0 Å². The molecule has 3 N–H and O–H groups in total. The summed E-state index contributed by atoms with van der Waals surface area (Å²) in [5.41, 5.74) is -0.200. The lowest BCUT2D eigenvalue weighted by Gasteiger charge is -2.49. The minimum Gasteiger partial charge on any atom is -0.392 e. The fourth-order valence-electron chi connectivity index (χ4n) is 1.61. The van der Waals surface area contributed by atoms with Crippen molar-refractivity contribution < 1.29 is 9.90 Å². The fourth-order valence-corrected chi connectivity index (χ4v) is 1.61. The summed E-state index contributed by atoms with van der Waals surface area (Å²) < 4.78 is 0. The summed E-state index contributed by atoms with van der Waals surface area (Å²) in [6, 6.07) is 0.0735. The van der Waals surface area contributed by atoms with E-state index in [4.69, 9.17) is 0 Å². The van der Waals surface area contributed by atoms with Crippen LogP contribution < -0.4 is 10.6 Å². The lowest BCUT2D eigenvalue weighted by atomic mass is 9.65. The number of hydrogen-bond acceptors (Lipinski definition) is 2. The third-order valence-corrected chi connectivity index (χ3v) is 2.94. The zero-order valence-corrected chi connectivity index (χ0v) is 9.29. The van der Waals surface area contributed by atoms with Crippen LogP contribution in [0, 0.1) is 5.41 Å². The number of rotatable bonds is 2. The molecule has 1 aliphatic rings. The standard InChI is InChI=1S/C10H20N2O2/c1-6(2)11-9(14)12-7-5-8(13)10(7,3)4/h6-8,13H,5H2,1-4H3,(H2,11,12,14). The predicted octanol–water partition coefficient (Wildman–Crippen LogP) is 0.853. The quantitative estimate of drug-likeness (QED) is 0.619. The van der Waals surface area contributed by atoms with Crippen molar-refractivity contribution in [2.75, 3.05) is 0 Å². The van der Waals surface area contributed by atoms with Gasteiger partial charge in [-0.2, -0.15) is 0 Å². The van der Waals surface area contributed by atoms with Crippen LogP contribution in [0.25, 0.3) is 0 Å². The Morgan fingerprint density at radius 3 is 2.43 bits per heavy atom. The number of amides is 2. The van der Waals surface area contributed by atoms with Crippen LogP contribution >= 0.6 is 0 Å². The van der Waals surface area contributed by atoms with Gasteiger partial charge in [0, 0.05) is 17.5 Å². The number of carbonyl (C=O) groups is 1. The maximum atomic E-state index is 11.3. The number of aliphatic hydroxyl groups excluding tert-OH is 1. The van der Waals surface area contributed by atoms with Crippen LogP contribution in [0.5, 0.6) is 0 Å². The first-order valence-corrected chi connectivity index (χ1v) is 5.09. The topological polar surface area (TPSA) is 61.4 Å². The molecule has 0 aliphatic heterocycles. The van der Waals surface area contributed by atoms with Gasteiger partial charge in [0.1, 0.15) is 0 Å². The first kappa shape index (κ1) is 11.3. The molecule has 0 bridgehead atoms. The highest BCUT2D eigenvalue weighted by Crippen LogP contribution is 2.40. The first-order valence-electron chi connectivity index (χ1n) is 5.09. The van der Waals surface area contributed by atoms with Crippen LogP contribution in [0.15, 0.2) is 0 Å². The lowest BCUT2D eigenvalue weighted by Crippen LogP contribution is -2.62. The van der Waals surface area contributed by atoms with Gasteiger partial charge in [-0.1, -0.05) is 13.8 Å². The van der Waals surface area contributed by atoms with Crippen molar-refractivity contribution in [1.29, 1.82) is 0 Å². The van der Waals surface area contributed by atoms with Crippen LogP contribution in [0.1, 0.15) is 34.1 Å². The summed E-state index contributed by atoms with van der Waals surface area (Å²) in [5, 5.41) is 15.1. The van der Waals surface area contributed by atoms with Gasteiger partial charge < -0.3 is 15.7 Å². The van der Waals surface area contributed by atoms with E-state index in [2.05, 4.69) is 10.6 Å². The monoisotopic (exact) mass is 200 g/mol.